The van der Waals surface area contributed by atoms with E-state index in [1.165, 1.54) is 5.56 Å². The maximum Gasteiger partial charge on any atom is 0.431 e. The molecule has 0 saturated heterocycles. The standard InChI is InChI=1S/C15H22NO2/c1-14(2,3)10-7-8-12(18-13(16)17)11(9-10)15(4,5)6/h7-9,16H,1-6H3. The number of rotatable bonds is 1. The Morgan fingerprint density at radius 1 is 1.06 bits per heavy atom. The largest absolute Gasteiger partial charge is 0.431 e. The normalized spacial score (nSPS) is 12.3. The zero-order valence-electron chi connectivity index (χ0n) is 12.0. The Bertz CT molecular complexity index is 451. The molecule has 0 atom stereocenters. The van der Waals surface area contributed by atoms with Gasteiger partial charge in [-0.25, -0.2) is 10.5 Å². The molecule has 1 aromatic carbocycles. The van der Waals surface area contributed by atoms with Crippen LogP contribution in [0, 0.1) is 0 Å². The molecule has 0 unspecified atom stereocenters. The summed E-state index contributed by atoms with van der Waals surface area (Å²) < 4.78 is 4.97. The van der Waals surface area contributed by atoms with Crippen LogP contribution in [0.15, 0.2) is 18.2 Å². The number of benzene rings is 1. The van der Waals surface area contributed by atoms with Gasteiger partial charge < -0.3 is 4.74 Å². The van der Waals surface area contributed by atoms with Gasteiger partial charge in [0.25, 0.3) is 0 Å². The first-order valence-corrected chi connectivity index (χ1v) is 6.10. The van der Waals surface area contributed by atoms with Crippen LogP contribution in [0.25, 0.3) is 0 Å². The van der Waals surface area contributed by atoms with Gasteiger partial charge in [-0.15, -0.1) is 0 Å². The monoisotopic (exact) mass is 248 g/mol. The van der Waals surface area contributed by atoms with Gasteiger partial charge in [-0.2, -0.15) is 0 Å². The summed E-state index contributed by atoms with van der Waals surface area (Å²) in [6, 6.07) is 5.80. The lowest BCUT2D eigenvalue weighted by Crippen LogP contribution is -2.19. The van der Waals surface area contributed by atoms with Crippen molar-refractivity contribution in [2.45, 2.75) is 52.4 Å². The lowest BCUT2D eigenvalue weighted by atomic mass is 9.80. The van der Waals surface area contributed by atoms with E-state index in [-0.39, 0.29) is 10.8 Å². The average Bonchev–Trinajstić information content (AvgIpc) is 2.13. The summed E-state index contributed by atoms with van der Waals surface area (Å²) in [6.45, 7) is 12.6. The Morgan fingerprint density at radius 2 is 1.61 bits per heavy atom. The maximum absolute atomic E-state index is 10.8. The van der Waals surface area contributed by atoms with Crippen LogP contribution in [-0.4, -0.2) is 6.09 Å². The molecule has 1 rings (SSSR count). The van der Waals surface area contributed by atoms with Crippen molar-refractivity contribution < 1.29 is 9.53 Å². The van der Waals surface area contributed by atoms with Gasteiger partial charge in [0.1, 0.15) is 5.75 Å². The maximum atomic E-state index is 10.8. The molecule has 1 aromatic rings. The van der Waals surface area contributed by atoms with Crippen LogP contribution in [0.5, 0.6) is 5.75 Å². The summed E-state index contributed by atoms with van der Waals surface area (Å²) in [7, 11) is 0. The second-order valence-corrected chi connectivity index (χ2v) is 6.60. The summed E-state index contributed by atoms with van der Waals surface area (Å²) in [4.78, 5) is 10.8. The van der Waals surface area contributed by atoms with Crippen LogP contribution in [0.1, 0.15) is 52.7 Å². The zero-order chi connectivity index (χ0) is 14.1. The minimum absolute atomic E-state index is 0.0451. The highest BCUT2D eigenvalue weighted by Gasteiger charge is 2.23. The Kier molecular flexibility index (Phi) is 3.75. The molecule has 3 nitrogen and oxygen atoms in total. The van der Waals surface area contributed by atoms with Crippen molar-refractivity contribution in [1.29, 1.82) is 0 Å². The smallest absolute Gasteiger partial charge is 0.409 e. The van der Waals surface area contributed by atoms with Crippen molar-refractivity contribution in [3.63, 3.8) is 0 Å². The van der Waals surface area contributed by atoms with E-state index in [0.29, 0.717) is 5.75 Å². The SMILES string of the molecule is CC(C)(C)c1ccc(OC([NH])=O)c(C(C)(C)C)c1. The number of carbonyl (C=O) groups is 1. The zero-order valence-corrected chi connectivity index (χ0v) is 12.0. The lowest BCUT2D eigenvalue weighted by Gasteiger charge is -2.26. The van der Waals surface area contributed by atoms with Crippen LogP contribution in [-0.2, 0) is 10.8 Å². The third-order valence-electron chi connectivity index (χ3n) is 2.86. The summed E-state index contributed by atoms with van der Waals surface area (Å²) in [6.07, 6.45) is -1.02. The van der Waals surface area contributed by atoms with Crippen LogP contribution in [0.3, 0.4) is 0 Å². The van der Waals surface area contributed by atoms with Crippen molar-refractivity contribution >= 4 is 6.09 Å². The summed E-state index contributed by atoms with van der Waals surface area (Å²) in [5.41, 5.74) is 8.99. The van der Waals surface area contributed by atoms with Crippen LogP contribution in [0.4, 0.5) is 4.79 Å². The van der Waals surface area contributed by atoms with E-state index >= 15 is 0 Å². The van der Waals surface area contributed by atoms with Gasteiger partial charge in [-0.05, 0) is 22.5 Å². The summed E-state index contributed by atoms with van der Waals surface area (Å²) >= 11 is 0. The van der Waals surface area contributed by atoms with Crippen molar-refractivity contribution in [3.8, 4) is 5.75 Å². The molecule has 0 aliphatic rings. The van der Waals surface area contributed by atoms with E-state index < -0.39 is 6.09 Å². The van der Waals surface area contributed by atoms with Gasteiger partial charge in [-0.3, -0.25) is 0 Å². The molecular weight excluding hydrogens is 226 g/mol. The Labute approximate surface area is 109 Å². The Balaban J connectivity index is 3.34. The second kappa shape index (κ2) is 4.63. The molecule has 1 amide bonds. The fourth-order valence-electron chi connectivity index (χ4n) is 1.77. The topological polar surface area (TPSA) is 50.1 Å². The van der Waals surface area contributed by atoms with E-state index in [1.807, 2.05) is 6.07 Å². The summed E-state index contributed by atoms with van der Waals surface area (Å²) in [5.74, 6) is 0.482. The minimum atomic E-state index is -1.02. The molecule has 0 aliphatic carbocycles. The molecule has 0 saturated carbocycles. The molecule has 99 valence electrons. The molecule has 0 spiro atoms. The van der Waals surface area contributed by atoms with E-state index in [1.54, 1.807) is 6.07 Å². The molecule has 0 aliphatic heterocycles. The molecule has 0 heterocycles. The van der Waals surface area contributed by atoms with Gasteiger partial charge in [0.15, 0.2) is 0 Å². The average molecular weight is 248 g/mol. The first-order chi connectivity index (χ1) is 8.01. The molecule has 0 aromatic heterocycles. The number of hydrogen-bond acceptors (Lipinski definition) is 2. The number of ether oxygens (including phenoxy) is 1. The first kappa shape index (κ1) is 14.6. The van der Waals surface area contributed by atoms with Gasteiger partial charge in [0, 0.05) is 5.56 Å². The molecule has 3 heteroatoms. The van der Waals surface area contributed by atoms with Crippen LogP contribution < -0.4 is 10.5 Å². The van der Waals surface area contributed by atoms with E-state index in [4.69, 9.17) is 10.5 Å². The van der Waals surface area contributed by atoms with Crippen LogP contribution in [0.2, 0.25) is 0 Å². The predicted octanol–water partition coefficient (Wildman–Crippen LogP) is 4.06. The van der Waals surface area contributed by atoms with Gasteiger partial charge in [0.05, 0.1) is 0 Å². The molecule has 18 heavy (non-hydrogen) atoms. The molecular formula is C15H22NO2. The van der Waals surface area contributed by atoms with Gasteiger partial charge in [0.2, 0.25) is 0 Å². The Morgan fingerprint density at radius 3 is 2.00 bits per heavy atom. The van der Waals surface area contributed by atoms with Crippen molar-refractivity contribution in [3.05, 3.63) is 29.3 Å². The van der Waals surface area contributed by atoms with E-state index in [9.17, 15) is 4.79 Å². The first-order valence-electron chi connectivity index (χ1n) is 6.10. The number of carbonyl (C=O) groups excluding carboxylic acids is 1. The third kappa shape index (κ3) is 3.49. The Hall–Kier alpha value is -1.51. The van der Waals surface area contributed by atoms with Gasteiger partial charge >= 0.3 is 6.09 Å². The highest BCUT2D eigenvalue weighted by atomic mass is 16.5. The predicted molar refractivity (Wildman–Crippen MR) is 73.0 cm³/mol. The van der Waals surface area contributed by atoms with Crippen LogP contribution >= 0.6 is 0 Å². The highest BCUT2D eigenvalue weighted by Crippen LogP contribution is 2.35. The number of amides is 1. The molecule has 1 N–H and O–H groups in total. The molecule has 0 bridgehead atoms. The second-order valence-electron chi connectivity index (χ2n) is 6.60. The van der Waals surface area contributed by atoms with Crippen molar-refractivity contribution in [2.75, 3.05) is 0 Å². The fourth-order valence-corrected chi connectivity index (χ4v) is 1.77. The minimum Gasteiger partial charge on any atom is -0.409 e. The van der Waals surface area contributed by atoms with Gasteiger partial charge in [-0.1, -0.05) is 53.7 Å². The molecule has 1 radical (unpaired) electrons. The summed E-state index contributed by atoms with van der Waals surface area (Å²) in [5, 5.41) is 0. The van der Waals surface area contributed by atoms with Crippen molar-refractivity contribution in [2.24, 2.45) is 0 Å². The van der Waals surface area contributed by atoms with E-state index in [2.05, 4.69) is 47.6 Å². The molecule has 0 fully saturated rings. The number of nitrogens with one attached hydrogen (secondary N) is 1. The third-order valence-corrected chi connectivity index (χ3v) is 2.86. The quantitative estimate of drug-likeness (QED) is 0.752. The fraction of sp³-hybridized carbons (Fsp3) is 0.533. The number of hydrogen-bond donors (Lipinski definition) is 0. The van der Waals surface area contributed by atoms with E-state index in [0.717, 1.165) is 5.56 Å². The van der Waals surface area contributed by atoms with Crippen molar-refractivity contribution in [1.82, 2.24) is 5.73 Å². The highest BCUT2D eigenvalue weighted by molar-refractivity contribution is 5.68. The lowest BCUT2D eigenvalue weighted by molar-refractivity contribution is 0.208.